The average Bonchev–Trinajstić information content (AvgIpc) is 2.18. The molecule has 0 aromatic carbocycles. The van der Waals surface area contributed by atoms with Gasteiger partial charge in [-0.2, -0.15) is 0 Å². The van der Waals surface area contributed by atoms with Gasteiger partial charge in [-0.3, -0.25) is 4.79 Å². The summed E-state index contributed by atoms with van der Waals surface area (Å²) in [6.45, 7) is 7.96. The Morgan fingerprint density at radius 1 is 1.40 bits per heavy atom. The van der Waals surface area contributed by atoms with E-state index in [1.165, 1.54) is 0 Å². The van der Waals surface area contributed by atoms with Crippen LogP contribution in [0.25, 0.3) is 0 Å². The zero-order valence-electron chi connectivity index (χ0n) is 10.3. The van der Waals surface area contributed by atoms with Crippen LogP contribution in [0, 0.1) is 5.41 Å². The lowest BCUT2D eigenvalue weighted by molar-refractivity contribution is -0.131. The Hall–Kier alpha value is -0.610. The third kappa shape index (κ3) is 4.18. The zero-order valence-corrected chi connectivity index (χ0v) is 10.3. The molecule has 1 atom stereocenters. The standard InChI is InChI=1S/C11H24N2O2/c1-5-11(4,6-7-14)13-9(15)10(2,3)8-12/h14H,5-8,12H2,1-4H3,(H,13,15). The molecule has 0 aliphatic rings. The number of nitrogens with two attached hydrogens (primary N) is 1. The maximum absolute atomic E-state index is 11.9. The summed E-state index contributed by atoms with van der Waals surface area (Å²) < 4.78 is 0. The molecule has 0 spiro atoms. The van der Waals surface area contributed by atoms with Gasteiger partial charge < -0.3 is 16.2 Å². The number of rotatable bonds is 6. The molecule has 4 N–H and O–H groups in total. The molecule has 0 heterocycles. The first-order chi connectivity index (χ1) is 6.81. The molecule has 0 aromatic heterocycles. The van der Waals surface area contributed by atoms with Gasteiger partial charge >= 0.3 is 0 Å². The SMILES string of the molecule is CCC(C)(CCO)NC(=O)C(C)(C)CN. The van der Waals surface area contributed by atoms with E-state index in [4.69, 9.17) is 10.8 Å². The van der Waals surface area contributed by atoms with Gasteiger partial charge in [-0.05, 0) is 33.6 Å². The monoisotopic (exact) mass is 216 g/mol. The molecule has 0 saturated carbocycles. The second-order valence-electron chi connectivity index (χ2n) is 4.93. The van der Waals surface area contributed by atoms with Crippen LogP contribution in [-0.4, -0.2) is 29.7 Å². The zero-order chi connectivity index (χ0) is 12.1. The average molecular weight is 216 g/mol. The van der Waals surface area contributed by atoms with E-state index < -0.39 is 5.41 Å². The summed E-state index contributed by atoms with van der Waals surface area (Å²) in [4.78, 5) is 11.9. The lowest BCUT2D eigenvalue weighted by Crippen LogP contribution is -2.52. The maximum atomic E-state index is 11.9. The second kappa shape index (κ2) is 5.47. The summed E-state index contributed by atoms with van der Waals surface area (Å²) in [5, 5.41) is 11.9. The molecule has 1 unspecified atom stereocenters. The van der Waals surface area contributed by atoms with E-state index >= 15 is 0 Å². The van der Waals surface area contributed by atoms with Crippen molar-refractivity contribution in [1.29, 1.82) is 0 Å². The number of aliphatic hydroxyl groups excluding tert-OH is 1. The van der Waals surface area contributed by atoms with Gasteiger partial charge in [0.1, 0.15) is 0 Å². The first-order valence-electron chi connectivity index (χ1n) is 5.45. The smallest absolute Gasteiger partial charge is 0.227 e. The summed E-state index contributed by atoms with van der Waals surface area (Å²) in [5.41, 5.74) is 4.65. The van der Waals surface area contributed by atoms with Gasteiger partial charge in [0.05, 0.1) is 5.41 Å². The Morgan fingerprint density at radius 3 is 2.27 bits per heavy atom. The fourth-order valence-corrected chi connectivity index (χ4v) is 1.11. The molecule has 0 rings (SSSR count). The molecule has 0 aliphatic heterocycles. The summed E-state index contributed by atoms with van der Waals surface area (Å²) in [5.74, 6) is -0.0530. The van der Waals surface area contributed by atoms with Crippen molar-refractivity contribution in [2.75, 3.05) is 13.2 Å². The van der Waals surface area contributed by atoms with Gasteiger partial charge in [0.15, 0.2) is 0 Å². The summed E-state index contributed by atoms with van der Waals surface area (Å²) >= 11 is 0. The summed E-state index contributed by atoms with van der Waals surface area (Å²) in [6.07, 6.45) is 1.36. The molecule has 0 fully saturated rings. The normalized spacial score (nSPS) is 15.9. The fourth-order valence-electron chi connectivity index (χ4n) is 1.11. The second-order valence-corrected chi connectivity index (χ2v) is 4.93. The van der Waals surface area contributed by atoms with Crippen LogP contribution in [0.4, 0.5) is 0 Å². The Labute approximate surface area is 92.2 Å². The number of amides is 1. The van der Waals surface area contributed by atoms with Crippen LogP contribution in [0.2, 0.25) is 0 Å². The molecule has 0 aliphatic carbocycles. The van der Waals surface area contributed by atoms with E-state index in [-0.39, 0.29) is 18.1 Å². The summed E-state index contributed by atoms with van der Waals surface area (Å²) in [7, 11) is 0. The van der Waals surface area contributed by atoms with Crippen LogP contribution in [0.1, 0.15) is 40.5 Å². The molecular formula is C11H24N2O2. The van der Waals surface area contributed by atoms with E-state index in [0.717, 1.165) is 6.42 Å². The Balaban J connectivity index is 4.49. The topological polar surface area (TPSA) is 75.3 Å². The van der Waals surface area contributed by atoms with Crippen molar-refractivity contribution in [3.05, 3.63) is 0 Å². The van der Waals surface area contributed by atoms with Crippen LogP contribution >= 0.6 is 0 Å². The molecule has 4 heteroatoms. The van der Waals surface area contributed by atoms with Crippen molar-refractivity contribution < 1.29 is 9.90 Å². The molecule has 1 amide bonds. The Kier molecular flexibility index (Phi) is 5.24. The van der Waals surface area contributed by atoms with Gasteiger partial charge in [0.25, 0.3) is 0 Å². The summed E-state index contributed by atoms with van der Waals surface area (Å²) in [6, 6.07) is 0. The first kappa shape index (κ1) is 14.4. The molecule has 90 valence electrons. The van der Waals surface area contributed by atoms with Gasteiger partial charge in [0.2, 0.25) is 5.91 Å². The molecule has 15 heavy (non-hydrogen) atoms. The van der Waals surface area contributed by atoms with Gasteiger partial charge in [-0.15, -0.1) is 0 Å². The van der Waals surface area contributed by atoms with E-state index in [0.29, 0.717) is 13.0 Å². The number of hydrogen-bond acceptors (Lipinski definition) is 3. The van der Waals surface area contributed by atoms with Crippen molar-refractivity contribution >= 4 is 5.91 Å². The quantitative estimate of drug-likeness (QED) is 0.610. The molecule has 0 aromatic rings. The number of carbonyl (C=O) groups excluding carboxylic acids is 1. The van der Waals surface area contributed by atoms with Crippen LogP contribution in [0.3, 0.4) is 0 Å². The van der Waals surface area contributed by atoms with E-state index in [9.17, 15) is 4.79 Å². The molecule has 0 saturated heterocycles. The Bertz CT molecular complexity index is 217. The predicted octanol–water partition coefficient (Wildman–Crippen LogP) is 0.639. The van der Waals surface area contributed by atoms with Crippen molar-refractivity contribution in [2.45, 2.75) is 46.1 Å². The third-order valence-electron chi connectivity index (χ3n) is 2.98. The molecular weight excluding hydrogens is 192 g/mol. The molecule has 4 nitrogen and oxygen atoms in total. The minimum atomic E-state index is -0.550. The van der Waals surface area contributed by atoms with Crippen LogP contribution < -0.4 is 11.1 Å². The van der Waals surface area contributed by atoms with Crippen molar-refractivity contribution in [3.8, 4) is 0 Å². The number of nitrogens with one attached hydrogen (secondary N) is 1. The van der Waals surface area contributed by atoms with Gasteiger partial charge in [-0.25, -0.2) is 0 Å². The number of hydrogen-bond donors (Lipinski definition) is 3. The van der Waals surface area contributed by atoms with E-state index in [1.54, 1.807) is 0 Å². The molecule has 0 bridgehead atoms. The highest BCUT2D eigenvalue weighted by Gasteiger charge is 2.31. The minimum Gasteiger partial charge on any atom is -0.396 e. The van der Waals surface area contributed by atoms with E-state index in [1.807, 2.05) is 27.7 Å². The van der Waals surface area contributed by atoms with Crippen LogP contribution in [0.5, 0.6) is 0 Å². The third-order valence-corrected chi connectivity index (χ3v) is 2.98. The van der Waals surface area contributed by atoms with Crippen molar-refractivity contribution in [2.24, 2.45) is 11.1 Å². The van der Waals surface area contributed by atoms with Crippen molar-refractivity contribution in [3.63, 3.8) is 0 Å². The lowest BCUT2D eigenvalue weighted by Gasteiger charge is -2.33. The number of aliphatic hydroxyl groups is 1. The van der Waals surface area contributed by atoms with Crippen LogP contribution in [-0.2, 0) is 4.79 Å². The highest BCUT2D eigenvalue weighted by Crippen LogP contribution is 2.19. The van der Waals surface area contributed by atoms with Gasteiger partial charge in [-0.1, -0.05) is 6.92 Å². The predicted molar refractivity (Wildman–Crippen MR) is 61.4 cm³/mol. The fraction of sp³-hybridized carbons (Fsp3) is 0.909. The molecule has 0 radical (unpaired) electrons. The first-order valence-corrected chi connectivity index (χ1v) is 5.45. The van der Waals surface area contributed by atoms with Crippen LogP contribution in [0.15, 0.2) is 0 Å². The van der Waals surface area contributed by atoms with Gasteiger partial charge in [0, 0.05) is 18.7 Å². The maximum Gasteiger partial charge on any atom is 0.227 e. The largest absolute Gasteiger partial charge is 0.396 e. The van der Waals surface area contributed by atoms with E-state index in [2.05, 4.69) is 5.32 Å². The lowest BCUT2D eigenvalue weighted by atomic mass is 9.88. The van der Waals surface area contributed by atoms with Crippen molar-refractivity contribution in [1.82, 2.24) is 5.32 Å². The highest BCUT2D eigenvalue weighted by atomic mass is 16.3. The Morgan fingerprint density at radius 2 is 1.93 bits per heavy atom. The number of carbonyl (C=O) groups is 1. The minimum absolute atomic E-state index is 0.0530. The highest BCUT2D eigenvalue weighted by molar-refractivity contribution is 5.82.